The van der Waals surface area contributed by atoms with E-state index >= 15 is 0 Å². The summed E-state index contributed by atoms with van der Waals surface area (Å²) in [7, 11) is 2.19. The van der Waals surface area contributed by atoms with E-state index in [0.717, 1.165) is 105 Å². The fraction of sp³-hybridized carbons (Fsp3) is 0.656. The van der Waals surface area contributed by atoms with E-state index in [1.807, 2.05) is 26.0 Å². The smallest absolute Gasteiger partial charge is 0.252 e. The number of ether oxygens (including phenoxy) is 2. The molecule has 1 saturated carbocycles. The van der Waals surface area contributed by atoms with E-state index in [4.69, 9.17) is 9.47 Å². The van der Waals surface area contributed by atoms with E-state index in [1.54, 1.807) is 0 Å². The minimum atomic E-state index is -0.940. The first-order chi connectivity index (χ1) is 19.7. The highest BCUT2D eigenvalue weighted by Crippen LogP contribution is 2.37. The second-order valence-electron chi connectivity index (χ2n) is 12.2. The van der Waals surface area contributed by atoms with Gasteiger partial charge in [0, 0.05) is 106 Å². The van der Waals surface area contributed by atoms with Gasteiger partial charge in [0.15, 0.2) is 0 Å². The Kier molecular flexibility index (Phi) is 9.71. The quantitative estimate of drug-likeness (QED) is 0.377. The molecule has 1 aromatic carbocycles. The van der Waals surface area contributed by atoms with Crippen molar-refractivity contribution in [1.82, 2.24) is 20.1 Å². The van der Waals surface area contributed by atoms with Crippen LogP contribution >= 0.6 is 0 Å². The minimum absolute atomic E-state index is 0.117. The van der Waals surface area contributed by atoms with Gasteiger partial charge in [-0.1, -0.05) is 0 Å². The highest BCUT2D eigenvalue weighted by molar-refractivity contribution is 5.61. The van der Waals surface area contributed by atoms with Crippen molar-refractivity contribution in [2.24, 2.45) is 0 Å². The fourth-order valence-corrected chi connectivity index (χ4v) is 6.69. The standard InChI is InChI=1S/C32H49N5O4/c1-6-37(24-7-13-40-14-8-24)30-19-27(41-26-16-25(17-26)36-11-9-35(5)10-12-36)18-28(23(30)4)31(38)33-20-29-21(2)15-22(3)34-32(29)39/h15,18-19,24-26,31,33,38H,6-14,16-17,20H2,1-5H3,(H,34,39)/t25-,26-,31?. The van der Waals surface area contributed by atoms with Crippen LogP contribution in [-0.2, 0) is 11.3 Å². The van der Waals surface area contributed by atoms with Gasteiger partial charge < -0.3 is 29.4 Å². The number of aromatic nitrogens is 1. The van der Waals surface area contributed by atoms with Crippen LogP contribution in [0.2, 0.25) is 0 Å². The summed E-state index contributed by atoms with van der Waals surface area (Å²) in [4.78, 5) is 22.9. The third kappa shape index (κ3) is 6.97. The number of hydrogen-bond donors (Lipinski definition) is 3. The maximum Gasteiger partial charge on any atom is 0.252 e. The van der Waals surface area contributed by atoms with Crippen molar-refractivity contribution < 1.29 is 14.6 Å². The van der Waals surface area contributed by atoms with E-state index in [2.05, 4.69) is 52.0 Å². The van der Waals surface area contributed by atoms with Crippen LogP contribution in [0.4, 0.5) is 5.69 Å². The van der Waals surface area contributed by atoms with Gasteiger partial charge in [-0.3, -0.25) is 15.0 Å². The highest BCUT2D eigenvalue weighted by Gasteiger charge is 2.36. The van der Waals surface area contributed by atoms with Gasteiger partial charge in [0.25, 0.3) is 5.56 Å². The van der Waals surface area contributed by atoms with Crippen molar-refractivity contribution in [3.63, 3.8) is 0 Å². The van der Waals surface area contributed by atoms with Crippen molar-refractivity contribution in [2.45, 2.75) is 84.3 Å². The van der Waals surface area contributed by atoms with E-state index in [1.165, 1.54) is 0 Å². The van der Waals surface area contributed by atoms with Gasteiger partial charge >= 0.3 is 0 Å². The number of H-pyrrole nitrogens is 1. The van der Waals surface area contributed by atoms with E-state index in [0.29, 0.717) is 17.6 Å². The molecule has 3 aliphatic rings. The highest BCUT2D eigenvalue weighted by atomic mass is 16.5. The lowest BCUT2D eigenvalue weighted by molar-refractivity contribution is -0.00207. The fourth-order valence-electron chi connectivity index (χ4n) is 6.69. The Labute approximate surface area is 244 Å². The van der Waals surface area contributed by atoms with Crippen molar-refractivity contribution in [3.05, 3.63) is 56.5 Å². The number of hydrogen-bond acceptors (Lipinski definition) is 8. The van der Waals surface area contributed by atoms with Gasteiger partial charge in [0.1, 0.15) is 18.1 Å². The van der Waals surface area contributed by atoms with Crippen LogP contribution < -0.4 is 20.5 Å². The lowest BCUT2D eigenvalue weighted by Crippen LogP contribution is -2.55. The van der Waals surface area contributed by atoms with E-state index in [-0.39, 0.29) is 18.2 Å². The maximum atomic E-state index is 12.6. The van der Waals surface area contributed by atoms with Crippen molar-refractivity contribution in [1.29, 1.82) is 0 Å². The van der Waals surface area contributed by atoms with Crippen LogP contribution in [0.15, 0.2) is 23.0 Å². The zero-order valence-corrected chi connectivity index (χ0v) is 25.5. The summed E-state index contributed by atoms with van der Waals surface area (Å²) in [6.45, 7) is 15.3. The monoisotopic (exact) mass is 567 g/mol. The molecule has 1 aromatic heterocycles. The van der Waals surface area contributed by atoms with Gasteiger partial charge in [-0.25, -0.2) is 0 Å². The first-order valence-corrected chi connectivity index (χ1v) is 15.4. The van der Waals surface area contributed by atoms with Gasteiger partial charge in [0.2, 0.25) is 0 Å². The van der Waals surface area contributed by atoms with Crippen molar-refractivity contribution in [3.8, 4) is 5.75 Å². The van der Waals surface area contributed by atoms with E-state index in [9.17, 15) is 9.90 Å². The molecule has 1 aliphatic carbocycles. The zero-order chi connectivity index (χ0) is 29.1. The maximum absolute atomic E-state index is 12.6. The Morgan fingerprint density at radius 2 is 1.83 bits per heavy atom. The number of nitrogens with one attached hydrogen (secondary N) is 2. The molecular formula is C32H49N5O4. The topological polar surface area (TPSA) is 93.3 Å². The zero-order valence-electron chi connectivity index (χ0n) is 25.5. The Bertz CT molecular complexity index is 1230. The van der Waals surface area contributed by atoms with E-state index < -0.39 is 6.23 Å². The van der Waals surface area contributed by atoms with Gasteiger partial charge in [-0.15, -0.1) is 0 Å². The predicted molar refractivity (Wildman–Crippen MR) is 163 cm³/mol. The van der Waals surface area contributed by atoms with Gasteiger partial charge in [-0.05, 0) is 70.8 Å². The first kappa shape index (κ1) is 30.0. The number of aromatic amines is 1. The summed E-state index contributed by atoms with van der Waals surface area (Å²) in [6, 6.07) is 7.10. The van der Waals surface area contributed by atoms with Gasteiger partial charge in [0.05, 0.1) is 0 Å². The number of piperazine rings is 1. The second kappa shape index (κ2) is 13.3. The molecule has 5 rings (SSSR count). The number of aliphatic hydroxyl groups excluding tert-OH is 1. The van der Waals surface area contributed by atoms with Crippen LogP contribution in [0.1, 0.15) is 66.8 Å². The van der Waals surface area contributed by atoms with Crippen LogP contribution in [0.5, 0.6) is 5.75 Å². The number of aryl methyl sites for hydroxylation is 2. The Balaban J connectivity index is 1.35. The average Bonchev–Trinajstić information content (AvgIpc) is 2.93. The summed E-state index contributed by atoms with van der Waals surface area (Å²) < 4.78 is 12.2. The number of rotatable bonds is 10. The molecule has 2 aliphatic heterocycles. The second-order valence-corrected chi connectivity index (χ2v) is 12.2. The van der Waals surface area contributed by atoms with Crippen molar-refractivity contribution in [2.75, 3.05) is 57.9 Å². The number of nitrogens with zero attached hydrogens (tertiary/aromatic N) is 3. The summed E-state index contributed by atoms with van der Waals surface area (Å²) in [5.41, 5.74) is 5.20. The number of likely N-dealkylation sites (N-methyl/N-ethyl adjacent to an activating group) is 1. The molecule has 3 heterocycles. The Hall–Kier alpha value is -2.43. The number of aliphatic hydroxyl groups is 1. The van der Waals surface area contributed by atoms with Crippen LogP contribution in [-0.4, -0.2) is 91.1 Å². The molecule has 2 saturated heterocycles. The van der Waals surface area contributed by atoms with Crippen LogP contribution in [0.3, 0.4) is 0 Å². The summed E-state index contributed by atoms with van der Waals surface area (Å²) in [6.07, 6.45) is 3.29. The van der Waals surface area contributed by atoms with Gasteiger partial charge in [-0.2, -0.15) is 0 Å². The predicted octanol–water partition coefficient (Wildman–Crippen LogP) is 3.24. The number of benzene rings is 1. The molecule has 3 fully saturated rings. The molecule has 2 aromatic rings. The average molecular weight is 568 g/mol. The summed E-state index contributed by atoms with van der Waals surface area (Å²) in [5.74, 6) is 0.804. The molecule has 1 atom stereocenters. The van der Waals surface area contributed by atoms with Crippen LogP contribution in [0, 0.1) is 20.8 Å². The normalized spacial score (nSPS) is 23.3. The Morgan fingerprint density at radius 1 is 1.12 bits per heavy atom. The Morgan fingerprint density at radius 3 is 2.49 bits per heavy atom. The SMILES string of the molecule is CCN(c1cc(O[C@H]2C[C@H](N3CCN(C)CC3)C2)cc(C(O)NCc2c(C)cc(C)[nH]c2=O)c1C)C1CCOCC1. The largest absolute Gasteiger partial charge is 0.490 e. The molecule has 3 N–H and O–H groups in total. The molecule has 9 heteroatoms. The minimum Gasteiger partial charge on any atom is -0.490 e. The molecule has 9 nitrogen and oxygen atoms in total. The third-order valence-electron chi connectivity index (χ3n) is 9.36. The summed E-state index contributed by atoms with van der Waals surface area (Å²) in [5, 5.41) is 14.6. The molecule has 0 bridgehead atoms. The van der Waals surface area contributed by atoms with Crippen molar-refractivity contribution >= 4 is 5.69 Å². The molecule has 0 spiro atoms. The number of anilines is 1. The molecule has 226 valence electrons. The van der Waals surface area contributed by atoms with Crippen LogP contribution in [0.25, 0.3) is 0 Å². The molecule has 0 radical (unpaired) electrons. The molecule has 0 amide bonds. The first-order valence-electron chi connectivity index (χ1n) is 15.4. The number of pyridine rings is 1. The molecule has 41 heavy (non-hydrogen) atoms. The summed E-state index contributed by atoms with van der Waals surface area (Å²) >= 11 is 0. The lowest BCUT2D eigenvalue weighted by atomic mass is 9.87. The molecule has 1 unspecified atom stereocenters. The third-order valence-corrected chi connectivity index (χ3v) is 9.36. The lowest BCUT2D eigenvalue weighted by Gasteiger charge is -2.45. The molecular weight excluding hydrogens is 518 g/mol.